The molecular formula is C69H100N18O18S. The Morgan fingerprint density at radius 3 is 1.63 bits per heavy atom. The number of hydrogen-bond donors (Lipinski definition) is 16. The van der Waals surface area contributed by atoms with E-state index < -0.39 is 150 Å². The smallest absolute Gasteiger partial charge is 0.317 e. The highest BCUT2D eigenvalue weighted by Gasteiger charge is 2.34. The zero-order chi connectivity index (χ0) is 78.2. The minimum Gasteiger partial charge on any atom is -0.480 e. The molecule has 0 radical (unpaired) electrons. The molecule has 0 aliphatic carbocycles. The Morgan fingerprint density at radius 1 is 0.557 bits per heavy atom. The molecule has 580 valence electrons. The lowest BCUT2D eigenvalue weighted by molar-refractivity contribution is -0.140. The molecular weight excluding hydrogens is 1400 g/mol. The molecule has 18 N–H and O–H groups in total. The van der Waals surface area contributed by atoms with Crippen LogP contribution in [-0.2, 0) is 86.5 Å². The van der Waals surface area contributed by atoms with Gasteiger partial charge in [-0.2, -0.15) is 11.8 Å². The fourth-order valence-corrected chi connectivity index (χ4v) is 11.9. The lowest BCUT2D eigenvalue weighted by atomic mass is 10.0. The van der Waals surface area contributed by atoms with E-state index in [0.29, 0.717) is 22.6 Å². The van der Waals surface area contributed by atoms with Crippen molar-refractivity contribution >= 4 is 111 Å². The van der Waals surface area contributed by atoms with Crippen molar-refractivity contribution in [1.29, 1.82) is 0 Å². The number of carbonyl (C=O) groups is 15. The molecule has 1 aliphatic rings. The molecule has 36 nitrogen and oxygen atoms in total. The van der Waals surface area contributed by atoms with E-state index in [2.05, 4.69) is 62.8 Å². The lowest BCUT2D eigenvalue weighted by Crippen LogP contribution is -2.59. The monoisotopic (exact) mass is 1500 g/mol. The van der Waals surface area contributed by atoms with Crippen molar-refractivity contribution in [1.82, 2.24) is 82.4 Å². The molecule has 1 aliphatic heterocycles. The highest BCUT2D eigenvalue weighted by molar-refractivity contribution is 7.98. The number of ketones is 2. The van der Waals surface area contributed by atoms with Crippen molar-refractivity contribution in [2.75, 3.05) is 104 Å². The fraction of sp³-hybridized carbons (Fsp3) is 0.536. The first-order valence-electron chi connectivity index (χ1n) is 34.7. The maximum atomic E-state index is 14.5. The van der Waals surface area contributed by atoms with Crippen molar-refractivity contribution in [3.05, 3.63) is 89.6 Å². The van der Waals surface area contributed by atoms with E-state index in [1.165, 1.54) is 55.5 Å². The second-order valence-electron chi connectivity index (χ2n) is 26.6. The quantitative estimate of drug-likeness (QED) is 0.0151. The van der Waals surface area contributed by atoms with Crippen LogP contribution >= 0.6 is 11.8 Å². The van der Waals surface area contributed by atoms with E-state index in [4.69, 9.17) is 11.5 Å². The van der Waals surface area contributed by atoms with Gasteiger partial charge in [-0.1, -0.05) is 70.2 Å². The third-order valence-corrected chi connectivity index (χ3v) is 17.9. The van der Waals surface area contributed by atoms with Crippen LogP contribution in [0.5, 0.6) is 0 Å². The van der Waals surface area contributed by atoms with Crippen LogP contribution < -0.4 is 59.3 Å². The van der Waals surface area contributed by atoms with E-state index in [1.807, 2.05) is 20.1 Å². The highest BCUT2D eigenvalue weighted by atomic mass is 32.2. The van der Waals surface area contributed by atoms with Crippen LogP contribution in [0.2, 0.25) is 0 Å². The summed E-state index contributed by atoms with van der Waals surface area (Å²) in [7, 11) is 0. The van der Waals surface area contributed by atoms with Gasteiger partial charge in [0.2, 0.25) is 70.6 Å². The van der Waals surface area contributed by atoms with E-state index >= 15 is 0 Å². The summed E-state index contributed by atoms with van der Waals surface area (Å²) >= 11 is 1.45. The Kier molecular flexibility index (Phi) is 35.8. The van der Waals surface area contributed by atoms with Crippen LogP contribution in [-0.4, -0.2) is 284 Å². The molecule has 2 aromatic carbocycles. The number of aliphatic carboxylic acids is 3. The molecule has 0 saturated carbocycles. The largest absolute Gasteiger partial charge is 0.480 e. The Bertz CT molecular complexity index is 3660. The SMILES string of the molecule is CSCC[C@H](NC(=O)[C@H](CC(C)C)NC(=O)[C@H](Cc1cnc[nH]1)NC(=O)CNC(=O)[C@@H](NC(=O)[C@H](C)NC(=O)[C@H](Cc1c[nH]c2ccccc12)NC(=O)[C@H](CCC(N)=O)NCc1ccc(C(=O)C(=O)CNC(=O)CN2CCN(CC(=O)O)CCN(CC(=O)O)CCN(CC(=O)O)CC2)cc1)C(C)C)C(N)=O. The number of nitrogens with one attached hydrogen (secondary N) is 11. The van der Waals surface area contributed by atoms with E-state index in [1.54, 1.807) is 63.9 Å². The number of imidazole rings is 1. The summed E-state index contributed by atoms with van der Waals surface area (Å²) in [6.07, 6.45) is 6.03. The predicted molar refractivity (Wildman–Crippen MR) is 388 cm³/mol. The first-order chi connectivity index (χ1) is 50.3. The predicted octanol–water partition coefficient (Wildman–Crippen LogP) is -3.57. The second kappa shape index (κ2) is 43.9. The van der Waals surface area contributed by atoms with Crippen LogP contribution in [0.3, 0.4) is 0 Å². The maximum absolute atomic E-state index is 14.5. The summed E-state index contributed by atoms with van der Waals surface area (Å²) in [6.45, 7) is 6.65. The molecule has 7 atom stereocenters. The Labute approximate surface area is 616 Å². The Hall–Kier alpha value is -10.2. The summed E-state index contributed by atoms with van der Waals surface area (Å²) in [5.41, 5.74) is 13.3. The molecule has 1 saturated heterocycles. The van der Waals surface area contributed by atoms with Gasteiger partial charge in [0.1, 0.15) is 36.3 Å². The zero-order valence-electron chi connectivity index (χ0n) is 60.4. The second-order valence-corrected chi connectivity index (χ2v) is 27.6. The molecule has 37 heteroatoms. The van der Waals surface area contributed by atoms with Gasteiger partial charge in [0.15, 0.2) is 0 Å². The van der Waals surface area contributed by atoms with Gasteiger partial charge >= 0.3 is 17.9 Å². The average Bonchev–Trinajstić information content (AvgIpc) is 1.72. The van der Waals surface area contributed by atoms with Gasteiger partial charge in [-0.3, -0.25) is 91.5 Å². The summed E-state index contributed by atoms with van der Waals surface area (Å²) < 4.78 is 0. The molecule has 3 heterocycles. The van der Waals surface area contributed by atoms with Crippen molar-refractivity contribution in [2.24, 2.45) is 23.3 Å². The zero-order valence-corrected chi connectivity index (χ0v) is 61.2. The molecule has 0 bridgehead atoms. The number of H-pyrrole nitrogens is 2. The topological polar surface area (TPSA) is 534 Å². The summed E-state index contributed by atoms with van der Waals surface area (Å²) in [4.78, 5) is 213. The maximum Gasteiger partial charge on any atom is 0.317 e. The van der Waals surface area contributed by atoms with Gasteiger partial charge in [-0.05, 0) is 67.2 Å². The van der Waals surface area contributed by atoms with Gasteiger partial charge in [-0.25, -0.2) is 4.98 Å². The Balaban J connectivity index is 1.21. The van der Waals surface area contributed by atoms with Crippen LogP contribution in [0, 0.1) is 11.8 Å². The van der Waals surface area contributed by atoms with Crippen LogP contribution in [0.4, 0.5) is 0 Å². The molecule has 5 rings (SSSR count). The Morgan fingerprint density at radius 2 is 1.09 bits per heavy atom. The number of fused-ring (bicyclic) bond motifs is 1. The number of primary amides is 2. The minimum atomic E-state index is -1.38. The molecule has 106 heavy (non-hydrogen) atoms. The van der Waals surface area contributed by atoms with Crippen LogP contribution in [0.15, 0.2) is 67.3 Å². The van der Waals surface area contributed by atoms with Crippen molar-refractivity contribution < 1.29 is 87.2 Å². The third kappa shape index (κ3) is 30.5. The number of benzene rings is 2. The van der Waals surface area contributed by atoms with Gasteiger partial charge in [0.25, 0.3) is 0 Å². The standard InChI is InChI=1S/C69H100N18O18S/c1-40(2)27-51(67(103)80-49(63(71)99)17-26-106-6)81-68(104)53(29-46-32-72-39-77-46)79-56(90)34-76-69(105)61(41(3)4)83-64(100)42(5)78-66(102)52(28-45-31-74-48-10-8-7-9-47(45)48)82-65(101)50(15-16-55(70)89)73-30-43-11-13-44(14-12-43)62(98)54(88)33-75-57(91)35-84-18-20-85(36-58(92)93)22-24-87(38-60(96)97)25-23-86(21-19-84)37-59(94)95/h7-14,31-32,39-42,49-53,61,73-74H,15-30,33-38H2,1-6H3,(H2,70,89)(H2,71,99)(H,72,77)(H,75,91)(H,76,105)(H,78,102)(H,79,90)(H,80,103)(H,81,104)(H,82,101)(H,83,100)(H,92,93)(H,94,95)(H,96,97)/t42-,49-,50-,51-,52-,53-,61-/m0/s1. The number of aromatic amines is 2. The van der Waals surface area contributed by atoms with Crippen LogP contribution in [0.25, 0.3) is 10.9 Å². The number of Topliss-reactive ketones (excluding diaryl/α,β-unsaturated/α-hetero) is 2. The number of carboxylic acids is 3. The summed E-state index contributed by atoms with van der Waals surface area (Å²) in [5.74, 6) is -13.0. The van der Waals surface area contributed by atoms with Gasteiger partial charge < -0.3 is 84.6 Å². The first-order valence-corrected chi connectivity index (χ1v) is 36.1. The molecule has 4 aromatic rings. The summed E-state index contributed by atoms with van der Waals surface area (Å²) in [6, 6.07) is 4.25. The number of carbonyl (C=O) groups excluding carboxylic acids is 12. The summed E-state index contributed by atoms with van der Waals surface area (Å²) in [5, 5.41) is 53.2. The van der Waals surface area contributed by atoms with Crippen molar-refractivity contribution in [3.63, 3.8) is 0 Å². The number of carboxylic acid groups (broad SMARTS) is 3. The first kappa shape index (κ1) is 86.4. The number of aromatic nitrogens is 3. The lowest BCUT2D eigenvalue weighted by Gasteiger charge is -2.32. The number of amides is 10. The molecule has 2 aromatic heterocycles. The molecule has 1 fully saturated rings. The normalized spacial score (nSPS) is 15.5. The number of thioether (sulfide) groups is 1. The van der Waals surface area contributed by atoms with Gasteiger partial charge in [-0.15, -0.1) is 0 Å². The number of nitrogens with zero attached hydrogens (tertiary/aromatic N) is 5. The number of para-hydroxylation sites is 1. The van der Waals surface area contributed by atoms with Crippen molar-refractivity contribution in [3.8, 4) is 0 Å². The van der Waals surface area contributed by atoms with Gasteiger partial charge in [0, 0.05) is 113 Å². The number of hydrogen-bond acceptors (Lipinski definition) is 22. The molecule has 0 unspecified atom stereocenters. The van der Waals surface area contributed by atoms with Crippen molar-refractivity contribution in [2.45, 2.75) is 122 Å². The average molecular weight is 1500 g/mol. The highest BCUT2D eigenvalue weighted by Crippen LogP contribution is 2.20. The number of rotatable bonds is 43. The minimum absolute atomic E-state index is 0.0425. The van der Waals surface area contributed by atoms with Crippen LogP contribution in [0.1, 0.15) is 87.5 Å². The van der Waals surface area contributed by atoms with E-state index in [0.717, 1.165) is 10.9 Å². The van der Waals surface area contributed by atoms with E-state index in [9.17, 15) is 87.2 Å². The number of nitrogens with two attached hydrogens (primary N) is 2. The van der Waals surface area contributed by atoms with Gasteiger partial charge in [0.05, 0.1) is 51.6 Å². The third-order valence-electron chi connectivity index (χ3n) is 17.2. The fourth-order valence-electron chi connectivity index (χ4n) is 11.4. The molecule has 10 amide bonds. The van der Waals surface area contributed by atoms with E-state index in [-0.39, 0.29) is 135 Å². The molecule has 0 spiro atoms.